The summed E-state index contributed by atoms with van der Waals surface area (Å²) < 4.78 is 0. The van der Waals surface area contributed by atoms with Gasteiger partial charge in [-0.3, -0.25) is 0 Å². The Kier molecular flexibility index (Phi) is 4.94. The van der Waals surface area contributed by atoms with E-state index in [0.29, 0.717) is 5.41 Å². The van der Waals surface area contributed by atoms with Crippen molar-refractivity contribution in [2.75, 3.05) is 14.1 Å². The zero-order valence-corrected chi connectivity index (χ0v) is 12.3. The molecule has 1 rings (SSSR count). The van der Waals surface area contributed by atoms with Crippen molar-refractivity contribution in [2.45, 2.75) is 55.9 Å². The summed E-state index contributed by atoms with van der Waals surface area (Å²) in [7, 11) is 3.87. The van der Waals surface area contributed by atoms with Gasteiger partial charge in [0.25, 0.3) is 0 Å². The summed E-state index contributed by atoms with van der Waals surface area (Å²) >= 11 is 13.1. The fraction of sp³-hybridized carbons (Fsp3) is 1.00. The Morgan fingerprint density at radius 2 is 1.81 bits per heavy atom. The second kappa shape index (κ2) is 5.43. The van der Waals surface area contributed by atoms with Gasteiger partial charge in [-0.05, 0) is 32.4 Å². The molecule has 1 saturated carbocycles. The lowest BCUT2D eigenvalue weighted by Gasteiger charge is -2.50. The van der Waals surface area contributed by atoms with Crippen molar-refractivity contribution in [1.29, 1.82) is 0 Å². The Morgan fingerprint density at radius 1 is 1.25 bits per heavy atom. The van der Waals surface area contributed by atoms with E-state index in [2.05, 4.69) is 24.5 Å². The number of hydrogen-bond acceptors (Lipinski definition) is 2. The molecule has 2 nitrogen and oxygen atoms in total. The molecular formula is C12H24Cl2N2. The summed E-state index contributed by atoms with van der Waals surface area (Å²) in [6.45, 7) is 4.50. The molecule has 0 aromatic heterocycles. The molecule has 0 amide bonds. The minimum atomic E-state index is -0.487. The molecule has 0 aliphatic heterocycles. The highest BCUT2D eigenvalue weighted by molar-refractivity contribution is 6.32. The van der Waals surface area contributed by atoms with Crippen LogP contribution in [0.15, 0.2) is 0 Å². The predicted octanol–water partition coefficient (Wildman–Crippen LogP) is 2.94. The highest BCUT2D eigenvalue weighted by atomic mass is 35.5. The lowest BCUT2D eigenvalue weighted by molar-refractivity contribution is 0.105. The van der Waals surface area contributed by atoms with Crippen molar-refractivity contribution in [1.82, 2.24) is 10.6 Å². The lowest BCUT2D eigenvalue weighted by atomic mass is 9.66. The topological polar surface area (TPSA) is 24.1 Å². The monoisotopic (exact) mass is 266 g/mol. The highest BCUT2D eigenvalue weighted by Crippen LogP contribution is 2.49. The maximum atomic E-state index is 6.64. The Bertz CT molecular complexity index is 226. The van der Waals surface area contributed by atoms with Crippen LogP contribution in [0.4, 0.5) is 0 Å². The number of nitrogens with one attached hydrogen (secondary N) is 2. The summed E-state index contributed by atoms with van der Waals surface area (Å²) in [6.07, 6.45) is 4.36. The van der Waals surface area contributed by atoms with E-state index in [0.717, 1.165) is 25.7 Å². The summed E-state index contributed by atoms with van der Waals surface area (Å²) in [5.41, 5.74) is 0.309. The van der Waals surface area contributed by atoms with E-state index < -0.39 is 5.00 Å². The molecule has 3 atom stereocenters. The molecule has 3 unspecified atom stereocenters. The molecule has 0 radical (unpaired) electrons. The predicted molar refractivity (Wildman–Crippen MR) is 72.4 cm³/mol. The second-order valence-electron chi connectivity index (χ2n) is 5.00. The smallest absolute Gasteiger partial charge is 0.112 e. The molecule has 1 fully saturated rings. The summed E-state index contributed by atoms with van der Waals surface area (Å²) in [6, 6.07) is 0.278. The van der Waals surface area contributed by atoms with E-state index in [-0.39, 0.29) is 11.4 Å². The molecule has 0 bridgehead atoms. The molecule has 96 valence electrons. The SMILES string of the molecule is CCC1(CC)CC(NC)C(Cl)C(Cl)(NC)C1. The summed E-state index contributed by atoms with van der Waals surface area (Å²) in [5, 5.41) is 6.45. The Labute approximate surface area is 109 Å². The lowest BCUT2D eigenvalue weighted by Crippen LogP contribution is -2.61. The first kappa shape index (κ1) is 14.6. The van der Waals surface area contributed by atoms with Gasteiger partial charge < -0.3 is 10.6 Å². The fourth-order valence-corrected chi connectivity index (χ4v) is 3.70. The van der Waals surface area contributed by atoms with Crippen LogP contribution in [-0.2, 0) is 0 Å². The second-order valence-corrected chi connectivity index (χ2v) is 6.14. The zero-order chi connectivity index (χ0) is 12.4. The van der Waals surface area contributed by atoms with Gasteiger partial charge in [0, 0.05) is 6.04 Å². The third-order valence-corrected chi connectivity index (χ3v) is 5.71. The van der Waals surface area contributed by atoms with Gasteiger partial charge in [-0.15, -0.1) is 23.2 Å². The van der Waals surface area contributed by atoms with Crippen LogP contribution in [-0.4, -0.2) is 30.5 Å². The van der Waals surface area contributed by atoms with Crippen molar-refractivity contribution in [3.05, 3.63) is 0 Å². The maximum absolute atomic E-state index is 6.64. The van der Waals surface area contributed by atoms with E-state index in [9.17, 15) is 0 Å². The van der Waals surface area contributed by atoms with Crippen LogP contribution in [0.3, 0.4) is 0 Å². The average Bonchev–Trinajstić information content (AvgIpc) is 2.33. The van der Waals surface area contributed by atoms with Gasteiger partial charge in [-0.2, -0.15) is 0 Å². The average molecular weight is 267 g/mol. The number of rotatable bonds is 4. The van der Waals surface area contributed by atoms with Gasteiger partial charge in [-0.25, -0.2) is 0 Å². The van der Waals surface area contributed by atoms with Crippen molar-refractivity contribution < 1.29 is 0 Å². The molecule has 0 aromatic carbocycles. The van der Waals surface area contributed by atoms with Crippen molar-refractivity contribution >= 4 is 23.2 Å². The first-order valence-electron chi connectivity index (χ1n) is 6.16. The first-order chi connectivity index (χ1) is 7.47. The van der Waals surface area contributed by atoms with E-state index >= 15 is 0 Å². The third kappa shape index (κ3) is 2.50. The molecular weight excluding hydrogens is 243 g/mol. The molecule has 4 heteroatoms. The van der Waals surface area contributed by atoms with Crippen LogP contribution < -0.4 is 10.6 Å². The molecule has 1 aliphatic rings. The summed E-state index contributed by atoms with van der Waals surface area (Å²) in [5.74, 6) is 0. The van der Waals surface area contributed by atoms with E-state index in [1.807, 2.05) is 14.1 Å². The van der Waals surface area contributed by atoms with Crippen LogP contribution in [0.5, 0.6) is 0 Å². The van der Waals surface area contributed by atoms with Gasteiger partial charge >= 0.3 is 0 Å². The molecule has 0 aromatic rings. The van der Waals surface area contributed by atoms with Crippen molar-refractivity contribution in [2.24, 2.45) is 5.41 Å². The van der Waals surface area contributed by atoms with E-state index in [4.69, 9.17) is 23.2 Å². The number of halogens is 2. The molecule has 2 N–H and O–H groups in total. The Hall–Kier alpha value is 0.500. The molecule has 0 heterocycles. The standard InChI is InChI=1S/C12H24Cl2N2/c1-5-11(6-2)7-9(15-3)10(13)12(14,8-11)16-4/h9-10,15-16H,5-8H2,1-4H3. The molecule has 16 heavy (non-hydrogen) atoms. The highest BCUT2D eigenvalue weighted by Gasteiger charge is 2.50. The number of alkyl halides is 2. The van der Waals surface area contributed by atoms with Crippen LogP contribution in [0.25, 0.3) is 0 Å². The summed E-state index contributed by atoms with van der Waals surface area (Å²) in [4.78, 5) is -0.487. The quantitative estimate of drug-likeness (QED) is 0.604. The van der Waals surface area contributed by atoms with Crippen LogP contribution >= 0.6 is 23.2 Å². The molecule has 0 saturated heterocycles. The van der Waals surface area contributed by atoms with Crippen molar-refractivity contribution in [3.8, 4) is 0 Å². The Balaban J connectivity index is 2.97. The van der Waals surface area contributed by atoms with Gasteiger partial charge in [0.15, 0.2) is 0 Å². The van der Waals surface area contributed by atoms with Gasteiger partial charge in [0.2, 0.25) is 0 Å². The normalized spacial score (nSPS) is 38.6. The third-order valence-electron chi connectivity index (χ3n) is 4.36. The number of hydrogen-bond donors (Lipinski definition) is 2. The maximum Gasteiger partial charge on any atom is 0.112 e. The van der Waals surface area contributed by atoms with Gasteiger partial charge in [-0.1, -0.05) is 26.7 Å². The fourth-order valence-electron chi connectivity index (χ4n) is 2.87. The van der Waals surface area contributed by atoms with E-state index in [1.165, 1.54) is 0 Å². The van der Waals surface area contributed by atoms with E-state index in [1.54, 1.807) is 0 Å². The van der Waals surface area contributed by atoms with Gasteiger partial charge in [0.05, 0.1) is 5.38 Å². The zero-order valence-electron chi connectivity index (χ0n) is 10.7. The van der Waals surface area contributed by atoms with Crippen LogP contribution in [0.2, 0.25) is 0 Å². The largest absolute Gasteiger partial charge is 0.315 e. The van der Waals surface area contributed by atoms with Crippen LogP contribution in [0.1, 0.15) is 39.5 Å². The molecule has 1 aliphatic carbocycles. The minimum Gasteiger partial charge on any atom is -0.315 e. The first-order valence-corrected chi connectivity index (χ1v) is 6.97. The Morgan fingerprint density at radius 3 is 2.19 bits per heavy atom. The minimum absolute atomic E-state index is 0.0737. The van der Waals surface area contributed by atoms with Crippen LogP contribution in [0, 0.1) is 5.41 Å². The molecule has 0 spiro atoms. The van der Waals surface area contributed by atoms with Crippen molar-refractivity contribution in [3.63, 3.8) is 0 Å². The van der Waals surface area contributed by atoms with Gasteiger partial charge in [0.1, 0.15) is 5.00 Å².